The van der Waals surface area contributed by atoms with Crippen molar-refractivity contribution in [1.29, 1.82) is 0 Å². The van der Waals surface area contributed by atoms with Gasteiger partial charge in [-0.15, -0.1) is 0 Å². The lowest BCUT2D eigenvalue weighted by molar-refractivity contribution is -0.765. The van der Waals surface area contributed by atoms with Crippen molar-refractivity contribution in [2.24, 2.45) is 5.73 Å². The first-order chi connectivity index (χ1) is 8.54. The Balaban J connectivity index is 0.00000180. The molecule has 1 amide bonds. The number of hydrogen-bond acceptors (Lipinski definition) is 5. The average molecular weight is 270 g/mol. The zero-order valence-electron chi connectivity index (χ0n) is 10.5. The quantitative estimate of drug-likeness (QED) is 0.379. The lowest BCUT2D eigenvalue weighted by atomic mass is 10.1. The molecule has 0 radical (unpaired) electrons. The van der Waals surface area contributed by atoms with E-state index in [-0.39, 0.29) is 13.0 Å². The summed E-state index contributed by atoms with van der Waals surface area (Å²) >= 11 is 0. The smallest absolute Gasteiger partial charge is 0.292 e. The molecule has 1 aliphatic rings. The topological polar surface area (TPSA) is 117 Å². The van der Waals surface area contributed by atoms with Gasteiger partial charge >= 0.3 is 0 Å². The number of aliphatic hydroxyl groups is 3. The van der Waals surface area contributed by atoms with Crippen LogP contribution in [-0.4, -0.2) is 46.1 Å². The van der Waals surface area contributed by atoms with Gasteiger partial charge in [-0.05, 0) is 6.07 Å². The van der Waals surface area contributed by atoms with Gasteiger partial charge in [-0.1, -0.05) is 0 Å². The molecule has 0 spiro atoms. The van der Waals surface area contributed by atoms with Gasteiger partial charge in [-0.3, -0.25) is 4.79 Å². The van der Waals surface area contributed by atoms with Crippen molar-refractivity contribution in [3.05, 3.63) is 37.5 Å². The molecule has 2 heterocycles. The molecule has 1 aliphatic heterocycles. The molecule has 1 saturated heterocycles. The first-order valence-corrected chi connectivity index (χ1v) is 5.47. The van der Waals surface area contributed by atoms with Crippen molar-refractivity contribution in [3.8, 4) is 0 Å². The average Bonchev–Trinajstić information content (AvgIpc) is 2.66. The van der Waals surface area contributed by atoms with Crippen LogP contribution in [0.2, 0.25) is 0 Å². The maximum atomic E-state index is 11.1. The van der Waals surface area contributed by atoms with E-state index in [4.69, 9.17) is 15.6 Å². The van der Waals surface area contributed by atoms with E-state index >= 15 is 0 Å². The Kier molecular flexibility index (Phi) is 4.96. The van der Waals surface area contributed by atoms with Crippen LogP contribution >= 0.6 is 0 Å². The third kappa shape index (κ3) is 2.90. The highest BCUT2D eigenvalue weighted by Crippen LogP contribution is 2.24. The van der Waals surface area contributed by atoms with Crippen LogP contribution in [0.1, 0.15) is 16.6 Å². The van der Waals surface area contributed by atoms with Crippen molar-refractivity contribution in [2.45, 2.75) is 24.5 Å². The summed E-state index contributed by atoms with van der Waals surface area (Å²) < 4.78 is 6.75. The number of carbonyl (C=O) groups excluding carboxylic acids is 1. The maximum Gasteiger partial charge on any atom is 0.292 e. The van der Waals surface area contributed by atoms with Crippen LogP contribution in [0, 0.1) is 7.43 Å². The molecule has 0 unspecified atom stereocenters. The molecule has 0 bridgehead atoms. The van der Waals surface area contributed by atoms with Crippen molar-refractivity contribution >= 4 is 5.91 Å². The summed E-state index contributed by atoms with van der Waals surface area (Å²) in [5, 5.41) is 28.4. The van der Waals surface area contributed by atoms with E-state index in [0.29, 0.717) is 0 Å². The molecule has 0 aliphatic carbocycles. The molecule has 0 aromatic carbocycles. The number of rotatable bonds is 3. The van der Waals surface area contributed by atoms with Gasteiger partial charge in [0.05, 0.1) is 6.61 Å². The largest absolute Gasteiger partial charge is 0.394 e. The fourth-order valence-electron chi connectivity index (χ4n) is 1.92. The Morgan fingerprint density at radius 2 is 2.11 bits per heavy atom. The van der Waals surface area contributed by atoms with Crippen LogP contribution in [0.15, 0.2) is 24.5 Å². The molecule has 1 fully saturated rings. The summed E-state index contributed by atoms with van der Waals surface area (Å²) in [4.78, 5) is 11.1. The number of amides is 1. The number of aromatic nitrogens is 1. The van der Waals surface area contributed by atoms with Crippen LogP contribution in [0.4, 0.5) is 0 Å². The zero-order chi connectivity index (χ0) is 13.3. The van der Waals surface area contributed by atoms with E-state index in [1.807, 2.05) is 0 Å². The molecule has 2 rings (SSSR count). The second kappa shape index (κ2) is 6.07. The summed E-state index contributed by atoms with van der Waals surface area (Å²) in [5.74, 6) is -0.601. The van der Waals surface area contributed by atoms with E-state index in [1.165, 1.54) is 16.8 Å². The van der Waals surface area contributed by atoms with Crippen LogP contribution < -0.4 is 10.3 Å². The number of ether oxygens (including phenoxy) is 1. The molecule has 1 aromatic heterocycles. The number of pyridine rings is 1. The third-order valence-corrected chi connectivity index (χ3v) is 2.92. The molecule has 19 heavy (non-hydrogen) atoms. The first-order valence-electron chi connectivity index (χ1n) is 5.47. The van der Waals surface area contributed by atoms with Gasteiger partial charge < -0.3 is 33.2 Å². The number of carbonyl (C=O) groups is 1. The van der Waals surface area contributed by atoms with E-state index in [9.17, 15) is 15.0 Å². The van der Waals surface area contributed by atoms with Crippen molar-refractivity contribution < 1.29 is 29.4 Å². The van der Waals surface area contributed by atoms with Gasteiger partial charge in [0.1, 0.15) is 17.8 Å². The number of hydrogen-bond donors (Lipinski definition) is 4. The summed E-state index contributed by atoms with van der Waals surface area (Å²) in [6, 6.07) is 3.11. The Bertz CT molecular complexity index is 454. The zero-order valence-corrected chi connectivity index (χ0v) is 10.5. The Morgan fingerprint density at radius 3 is 2.63 bits per heavy atom. The van der Waals surface area contributed by atoms with E-state index < -0.39 is 37.1 Å². The molecule has 7 heteroatoms. The summed E-state index contributed by atoms with van der Waals surface area (Å²) in [6.45, 7) is -0.398. The predicted molar refractivity (Wildman–Crippen MR) is 64.6 cm³/mol. The van der Waals surface area contributed by atoms with Gasteiger partial charge in [-0.25, -0.2) is 0 Å². The number of primary amides is 1. The van der Waals surface area contributed by atoms with Crippen molar-refractivity contribution in [3.63, 3.8) is 0 Å². The minimum absolute atomic E-state index is 0. The molecule has 106 valence electrons. The lowest BCUT2D eigenvalue weighted by Gasteiger charge is -2.09. The van der Waals surface area contributed by atoms with Crippen LogP contribution in [0.3, 0.4) is 0 Å². The SMILES string of the molecule is NC(=O)c1ccc[n+]([C@@H]2O[C@H](CO)[C@@H](O)[C@H]2O)c1.[CH3-]. The Labute approximate surface area is 110 Å². The fourth-order valence-corrected chi connectivity index (χ4v) is 1.92. The minimum Gasteiger partial charge on any atom is -0.394 e. The van der Waals surface area contributed by atoms with Gasteiger partial charge in [-0.2, -0.15) is 4.57 Å². The molecule has 1 aromatic rings. The molecular formula is C12H18N2O5. The number of nitrogens with zero attached hydrogens (tertiary/aromatic N) is 1. The lowest BCUT2D eigenvalue weighted by Crippen LogP contribution is -2.46. The van der Waals surface area contributed by atoms with Gasteiger partial charge in [0.15, 0.2) is 18.5 Å². The second-order valence-corrected chi connectivity index (χ2v) is 4.13. The highest BCUT2D eigenvalue weighted by molar-refractivity contribution is 5.92. The third-order valence-electron chi connectivity index (χ3n) is 2.92. The van der Waals surface area contributed by atoms with Gasteiger partial charge in [0.25, 0.3) is 12.1 Å². The second-order valence-electron chi connectivity index (χ2n) is 4.13. The van der Waals surface area contributed by atoms with Crippen LogP contribution in [0.5, 0.6) is 0 Å². The highest BCUT2D eigenvalue weighted by Gasteiger charge is 2.47. The normalized spacial score (nSPS) is 29.8. The first kappa shape index (κ1) is 15.5. The predicted octanol–water partition coefficient (Wildman–Crippen LogP) is -1.87. The molecule has 7 nitrogen and oxygen atoms in total. The van der Waals surface area contributed by atoms with Crippen LogP contribution in [-0.2, 0) is 4.74 Å². The van der Waals surface area contributed by atoms with Crippen molar-refractivity contribution in [1.82, 2.24) is 0 Å². The maximum absolute atomic E-state index is 11.1. The van der Waals surface area contributed by atoms with Crippen LogP contribution in [0.25, 0.3) is 0 Å². The Morgan fingerprint density at radius 1 is 1.42 bits per heavy atom. The minimum atomic E-state index is -1.18. The van der Waals surface area contributed by atoms with E-state index in [0.717, 1.165) is 0 Å². The van der Waals surface area contributed by atoms with Crippen molar-refractivity contribution in [2.75, 3.05) is 6.61 Å². The Hall–Kier alpha value is -1.54. The molecular weight excluding hydrogens is 252 g/mol. The van der Waals surface area contributed by atoms with Gasteiger partial charge in [0, 0.05) is 6.07 Å². The standard InChI is InChI=1S/C11H14N2O5.CH3/c12-10(17)6-2-1-3-13(4-6)11-9(16)8(15)7(5-14)18-11;/h1-4,7-9,11,14-16H,5H2,(H-,12,17);1H3/q;-1/p+1/t7-,8-,9-,11-;/m1./s1. The van der Waals surface area contributed by atoms with E-state index in [1.54, 1.807) is 12.3 Å². The number of nitrogens with two attached hydrogens (primary N) is 1. The van der Waals surface area contributed by atoms with E-state index in [2.05, 4.69) is 0 Å². The van der Waals surface area contributed by atoms with Gasteiger partial charge in [0.2, 0.25) is 0 Å². The summed E-state index contributed by atoms with van der Waals surface area (Å²) in [5.41, 5.74) is 5.41. The monoisotopic (exact) mass is 270 g/mol. The molecule has 4 atom stereocenters. The molecule has 5 N–H and O–H groups in total. The summed E-state index contributed by atoms with van der Waals surface area (Å²) in [6.07, 6.45) is -1.08. The fraction of sp³-hybridized carbons (Fsp3) is 0.417. The highest BCUT2D eigenvalue weighted by atomic mass is 16.6. The molecule has 0 saturated carbocycles. The number of aliphatic hydroxyl groups excluding tert-OH is 3. The summed E-state index contributed by atoms with van der Waals surface area (Å²) in [7, 11) is 0.